The summed E-state index contributed by atoms with van der Waals surface area (Å²) in [7, 11) is 1.95. The van der Waals surface area contributed by atoms with Crippen LogP contribution in [0.1, 0.15) is 20.8 Å². The molecule has 1 heterocycles. The average molecular weight is 142 g/mol. The van der Waals surface area contributed by atoms with Gasteiger partial charge in [0.25, 0.3) is 0 Å². The van der Waals surface area contributed by atoms with Crippen molar-refractivity contribution in [2.24, 2.45) is 0 Å². The van der Waals surface area contributed by atoms with E-state index >= 15 is 0 Å². The van der Waals surface area contributed by atoms with Crippen molar-refractivity contribution in [1.82, 2.24) is 10.2 Å². The van der Waals surface area contributed by atoms with Crippen LogP contribution < -0.4 is 5.32 Å². The SMILES string of the molecule is CC1C(=O)NC(C)(C)N1C. The Morgan fingerprint density at radius 2 is 2.10 bits per heavy atom. The van der Waals surface area contributed by atoms with Crippen LogP contribution in [-0.4, -0.2) is 29.6 Å². The number of nitrogens with zero attached hydrogens (tertiary/aromatic N) is 1. The topological polar surface area (TPSA) is 32.3 Å². The van der Waals surface area contributed by atoms with Crippen LogP contribution in [0, 0.1) is 0 Å². The first kappa shape index (κ1) is 7.54. The van der Waals surface area contributed by atoms with Gasteiger partial charge in [-0.15, -0.1) is 0 Å². The van der Waals surface area contributed by atoms with Crippen molar-refractivity contribution >= 4 is 5.91 Å². The zero-order valence-corrected chi connectivity index (χ0v) is 6.93. The van der Waals surface area contributed by atoms with E-state index in [0.29, 0.717) is 0 Å². The Kier molecular flexibility index (Phi) is 1.47. The molecule has 1 N–H and O–H groups in total. The number of rotatable bonds is 0. The lowest BCUT2D eigenvalue weighted by Gasteiger charge is -2.28. The van der Waals surface area contributed by atoms with E-state index in [-0.39, 0.29) is 17.6 Å². The monoisotopic (exact) mass is 142 g/mol. The fourth-order valence-corrected chi connectivity index (χ4v) is 1.15. The van der Waals surface area contributed by atoms with Gasteiger partial charge < -0.3 is 5.32 Å². The molecule has 0 bridgehead atoms. The molecule has 1 amide bonds. The molecule has 0 spiro atoms. The van der Waals surface area contributed by atoms with Gasteiger partial charge >= 0.3 is 0 Å². The van der Waals surface area contributed by atoms with E-state index < -0.39 is 0 Å². The molecule has 10 heavy (non-hydrogen) atoms. The van der Waals surface area contributed by atoms with Crippen LogP contribution in [0.4, 0.5) is 0 Å². The lowest BCUT2D eigenvalue weighted by Crippen LogP contribution is -2.45. The Labute approximate surface area is 61.4 Å². The molecule has 0 aromatic rings. The van der Waals surface area contributed by atoms with Gasteiger partial charge in [0, 0.05) is 0 Å². The zero-order chi connectivity index (χ0) is 7.94. The molecule has 58 valence electrons. The summed E-state index contributed by atoms with van der Waals surface area (Å²) in [5, 5.41) is 2.88. The van der Waals surface area contributed by atoms with E-state index in [1.54, 1.807) is 0 Å². The van der Waals surface area contributed by atoms with Gasteiger partial charge in [0.05, 0.1) is 11.7 Å². The second-order valence-corrected chi connectivity index (χ2v) is 3.34. The predicted molar refractivity (Wildman–Crippen MR) is 39.4 cm³/mol. The summed E-state index contributed by atoms with van der Waals surface area (Å²) in [6, 6.07) is 0.00926. The summed E-state index contributed by atoms with van der Waals surface area (Å²) in [5.41, 5.74) is -0.170. The van der Waals surface area contributed by atoms with Crippen molar-refractivity contribution in [3.05, 3.63) is 0 Å². The Bertz CT molecular complexity index is 165. The number of hydrogen-bond donors (Lipinski definition) is 1. The highest BCUT2D eigenvalue weighted by atomic mass is 16.2. The van der Waals surface area contributed by atoms with Gasteiger partial charge in [0.15, 0.2) is 0 Å². The summed E-state index contributed by atoms with van der Waals surface area (Å²) >= 11 is 0. The number of amides is 1. The molecule has 1 atom stereocenters. The zero-order valence-electron chi connectivity index (χ0n) is 6.93. The summed E-state index contributed by atoms with van der Waals surface area (Å²) in [6.45, 7) is 5.90. The van der Waals surface area contributed by atoms with Crippen molar-refractivity contribution in [1.29, 1.82) is 0 Å². The molecular formula is C7H14N2O. The molecule has 0 aromatic heterocycles. The highest BCUT2D eigenvalue weighted by Crippen LogP contribution is 2.18. The second-order valence-electron chi connectivity index (χ2n) is 3.34. The smallest absolute Gasteiger partial charge is 0.238 e. The first-order chi connectivity index (χ1) is 4.45. The first-order valence-corrected chi connectivity index (χ1v) is 3.50. The molecule has 0 radical (unpaired) electrons. The van der Waals surface area contributed by atoms with E-state index in [4.69, 9.17) is 0 Å². The Morgan fingerprint density at radius 3 is 2.20 bits per heavy atom. The highest BCUT2D eigenvalue weighted by molar-refractivity contribution is 5.84. The maximum absolute atomic E-state index is 11.0. The summed E-state index contributed by atoms with van der Waals surface area (Å²) in [5.74, 6) is 0.118. The van der Waals surface area contributed by atoms with Gasteiger partial charge in [0.2, 0.25) is 5.91 Å². The van der Waals surface area contributed by atoms with Crippen LogP contribution in [0.3, 0.4) is 0 Å². The van der Waals surface area contributed by atoms with Crippen LogP contribution in [0.2, 0.25) is 0 Å². The minimum Gasteiger partial charge on any atom is -0.337 e. The van der Waals surface area contributed by atoms with Crippen LogP contribution in [0.25, 0.3) is 0 Å². The summed E-state index contributed by atoms with van der Waals surface area (Å²) < 4.78 is 0. The normalized spacial score (nSPS) is 32.4. The first-order valence-electron chi connectivity index (χ1n) is 3.50. The second kappa shape index (κ2) is 1.95. The van der Waals surface area contributed by atoms with Crippen LogP contribution >= 0.6 is 0 Å². The third kappa shape index (κ3) is 0.904. The van der Waals surface area contributed by atoms with Gasteiger partial charge in [-0.1, -0.05) is 0 Å². The van der Waals surface area contributed by atoms with Crippen molar-refractivity contribution in [3.63, 3.8) is 0 Å². The van der Waals surface area contributed by atoms with Crippen molar-refractivity contribution < 1.29 is 4.79 Å². The fraction of sp³-hybridized carbons (Fsp3) is 0.857. The average Bonchev–Trinajstić information content (AvgIpc) is 1.95. The lowest BCUT2D eigenvalue weighted by atomic mass is 10.2. The summed E-state index contributed by atoms with van der Waals surface area (Å²) in [4.78, 5) is 13.1. The Balaban J connectivity index is 2.81. The Hall–Kier alpha value is -0.570. The molecule has 3 heteroatoms. The van der Waals surface area contributed by atoms with Gasteiger partial charge in [-0.25, -0.2) is 0 Å². The number of carbonyl (C=O) groups excluding carboxylic acids is 1. The van der Waals surface area contributed by atoms with E-state index in [0.717, 1.165) is 0 Å². The van der Waals surface area contributed by atoms with E-state index in [1.807, 2.05) is 32.7 Å². The van der Waals surface area contributed by atoms with Crippen molar-refractivity contribution in [2.45, 2.75) is 32.5 Å². The molecule has 1 unspecified atom stereocenters. The van der Waals surface area contributed by atoms with Crippen molar-refractivity contribution in [3.8, 4) is 0 Å². The number of carbonyl (C=O) groups is 1. The largest absolute Gasteiger partial charge is 0.337 e. The van der Waals surface area contributed by atoms with E-state index in [2.05, 4.69) is 5.32 Å². The van der Waals surface area contributed by atoms with E-state index in [1.165, 1.54) is 0 Å². The van der Waals surface area contributed by atoms with Gasteiger partial charge in [-0.2, -0.15) is 0 Å². The molecule has 0 aliphatic carbocycles. The van der Waals surface area contributed by atoms with Gasteiger partial charge in [0.1, 0.15) is 0 Å². The maximum Gasteiger partial charge on any atom is 0.238 e. The van der Waals surface area contributed by atoms with Gasteiger partial charge in [-0.05, 0) is 27.8 Å². The molecule has 1 rings (SSSR count). The van der Waals surface area contributed by atoms with Crippen LogP contribution in [-0.2, 0) is 4.79 Å². The third-order valence-corrected chi connectivity index (χ3v) is 2.27. The minimum absolute atomic E-state index is 0.00926. The summed E-state index contributed by atoms with van der Waals surface area (Å²) in [6.07, 6.45) is 0. The molecule has 1 aliphatic heterocycles. The highest BCUT2D eigenvalue weighted by Gasteiger charge is 2.39. The molecule has 1 saturated heterocycles. The fourth-order valence-electron chi connectivity index (χ4n) is 1.15. The molecular weight excluding hydrogens is 128 g/mol. The minimum atomic E-state index is -0.170. The van der Waals surface area contributed by atoms with Crippen LogP contribution in [0.5, 0.6) is 0 Å². The van der Waals surface area contributed by atoms with Gasteiger partial charge in [-0.3, -0.25) is 9.69 Å². The third-order valence-electron chi connectivity index (χ3n) is 2.27. The van der Waals surface area contributed by atoms with E-state index in [9.17, 15) is 4.79 Å². The quantitative estimate of drug-likeness (QED) is 0.523. The number of nitrogens with one attached hydrogen (secondary N) is 1. The van der Waals surface area contributed by atoms with Crippen molar-refractivity contribution in [2.75, 3.05) is 7.05 Å². The Morgan fingerprint density at radius 1 is 1.60 bits per heavy atom. The number of hydrogen-bond acceptors (Lipinski definition) is 2. The molecule has 3 nitrogen and oxygen atoms in total. The lowest BCUT2D eigenvalue weighted by molar-refractivity contribution is -0.121. The van der Waals surface area contributed by atoms with Crippen LogP contribution in [0.15, 0.2) is 0 Å². The molecule has 0 saturated carbocycles. The molecule has 1 fully saturated rings. The number of likely N-dealkylation sites (N-methyl/N-ethyl adjacent to an activating group) is 1. The molecule has 0 aromatic carbocycles. The maximum atomic E-state index is 11.0. The molecule has 1 aliphatic rings. The predicted octanol–water partition coefficient (Wildman–Crippen LogP) is 0.173. The standard InChI is InChI=1S/C7H14N2O/c1-5-6(10)8-7(2,3)9(5)4/h5H,1-4H3,(H,8,10).